The second-order valence-electron chi connectivity index (χ2n) is 6.66. The molecule has 30 heavy (non-hydrogen) atoms. The van der Waals surface area contributed by atoms with Crippen LogP contribution in [0.15, 0.2) is 70.1 Å². The maximum absolute atomic E-state index is 13.7. The zero-order valence-electron chi connectivity index (χ0n) is 16.2. The van der Waals surface area contributed by atoms with Gasteiger partial charge >= 0.3 is 5.97 Å². The summed E-state index contributed by atoms with van der Waals surface area (Å²) in [6, 6.07) is 18.3. The second kappa shape index (κ2) is 7.76. The smallest absolute Gasteiger partial charge is 0.360 e. The number of carbonyl (C=O) groups excluding carboxylic acids is 1. The predicted octanol–water partition coefficient (Wildman–Crippen LogP) is 4.62. The molecule has 0 aliphatic rings. The molecule has 2 heterocycles. The number of aryl methyl sites for hydroxylation is 1. The first-order valence-electron chi connectivity index (χ1n) is 9.12. The number of ether oxygens (including phenoxy) is 1. The average Bonchev–Trinajstić information content (AvgIpc) is 2.76. The summed E-state index contributed by atoms with van der Waals surface area (Å²) in [7, 11) is 1.22. The molecule has 0 aliphatic carbocycles. The zero-order chi connectivity index (χ0) is 21.4. The normalized spacial score (nSPS) is 10.9. The number of nitrogens with zero attached hydrogens (tertiary/aromatic N) is 2. The van der Waals surface area contributed by atoms with Crippen LogP contribution in [-0.2, 0) is 4.74 Å². The van der Waals surface area contributed by atoms with Crippen molar-refractivity contribution in [2.24, 2.45) is 0 Å². The lowest BCUT2D eigenvalue weighted by molar-refractivity contribution is 0.0590. The Kier molecular flexibility index (Phi) is 5.13. The Morgan fingerprint density at radius 2 is 1.67 bits per heavy atom. The maximum Gasteiger partial charge on any atom is 0.360 e. The van der Waals surface area contributed by atoms with E-state index in [9.17, 15) is 14.7 Å². The molecule has 0 atom stereocenters. The van der Waals surface area contributed by atoms with Gasteiger partial charge in [-0.05, 0) is 46.1 Å². The van der Waals surface area contributed by atoms with Crippen molar-refractivity contribution in [3.63, 3.8) is 0 Å². The molecule has 0 amide bonds. The summed E-state index contributed by atoms with van der Waals surface area (Å²) in [5, 5.41) is 11.3. The van der Waals surface area contributed by atoms with Crippen LogP contribution in [0.5, 0.6) is 5.75 Å². The van der Waals surface area contributed by atoms with E-state index >= 15 is 0 Å². The summed E-state index contributed by atoms with van der Waals surface area (Å²) in [6.45, 7) is 1.74. The minimum Gasteiger partial charge on any atom is -0.505 e. The highest BCUT2D eigenvalue weighted by Gasteiger charge is 2.26. The van der Waals surface area contributed by atoms with Gasteiger partial charge in [-0.15, -0.1) is 0 Å². The molecule has 0 saturated heterocycles. The van der Waals surface area contributed by atoms with Crippen LogP contribution >= 0.6 is 15.9 Å². The predicted molar refractivity (Wildman–Crippen MR) is 118 cm³/mol. The molecular weight excluding hydrogens is 448 g/mol. The molecule has 0 aliphatic heterocycles. The Hall–Kier alpha value is -3.45. The van der Waals surface area contributed by atoms with E-state index in [0.717, 1.165) is 0 Å². The molecule has 2 aromatic carbocycles. The van der Waals surface area contributed by atoms with Crippen molar-refractivity contribution in [2.75, 3.05) is 7.11 Å². The molecule has 1 N–H and O–H groups in total. The lowest BCUT2D eigenvalue weighted by Gasteiger charge is -2.19. The van der Waals surface area contributed by atoms with Crippen LogP contribution in [0.4, 0.5) is 0 Å². The Bertz CT molecular complexity index is 1330. The van der Waals surface area contributed by atoms with Crippen LogP contribution in [0.3, 0.4) is 0 Å². The minimum absolute atomic E-state index is 0.225. The Labute approximate surface area is 180 Å². The van der Waals surface area contributed by atoms with Gasteiger partial charge in [-0.2, -0.15) is 0 Å². The van der Waals surface area contributed by atoms with E-state index < -0.39 is 5.97 Å². The summed E-state index contributed by atoms with van der Waals surface area (Å²) in [4.78, 5) is 30.0. The highest BCUT2D eigenvalue weighted by molar-refractivity contribution is 9.10. The van der Waals surface area contributed by atoms with Crippen LogP contribution in [0.2, 0.25) is 0 Å². The van der Waals surface area contributed by atoms with Crippen molar-refractivity contribution >= 4 is 32.8 Å². The van der Waals surface area contributed by atoms with Gasteiger partial charge in [0.2, 0.25) is 0 Å². The fourth-order valence-corrected chi connectivity index (χ4v) is 4.16. The van der Waals surface area contributed by atoms with Gasteiger partial charge in [-0.3, -0.25) is 9.36 Å². The van der Waals surface area contributed by atoms with Crippen LogP contribution in [0.25, 0.3) is 27.7 Å². The number of pyridine rings is 2. The lowest BCUT2D eigenvalue weighted by atomic mass is 9.97. The van der Waals surface area contributed by atoms with Crippen LogP contribution in [-0.4, -0.2) is 27.7 Å². The Balaban J connectivity index is 2.26. The molecule has 0 fully saturated rings. The van der Waals surface area contributed by atoms with E-state index in [2.05, 4.69) is 20.9 Å². The number of aromatic nitrogens is 2. The average molecular weight is 465 g/mol. The van der Waals surface area contributed by atoms with Gasteiger partial charge in [0.05, 0.1) is 18.2 Å². The maximum atomic E-state index is 13.7. The van der Waals surface area contributed by atoms with Crippen molar-refractivity contribution in [1.29, 1.82) is 0 Å². The van der Waals surface area contributed by atoms with Gasteiger partial charge in [-0.1, -0.05) is 48.5 Å². The van der Waals surface area contributed by atoms with Crippen molar-refractivity contribution in [3.05, 3.63) is 86.9 Å². The van der Waals surface area contributed by atoms with Crippen molar-refractivity contribution < 1.29 is 14.6 Å². The van der Waals surface area contributed by atoms with E-state index in [-0.39, 0.29) is 21.6 Å². The third-order valence-electron chi connectivity index (χ3n) is 4.95. The lowest BCUT2D eigenvalue weighted by Crippen LogP contribution is -2.23. The number of aromatic hydroxyl groups is 1. The van der Waals surface area contributed by atoms with E-state index in [0.29, 0.717) is 33.3 Å². The molecular formula is C23H17BrN2O4. The van der Waals surface area contributed by atoms with Gasteiger partial charge in [0.1, 0.15) is 4.60 Å². The molecule has 0 radical (unpaired) electrons. The third kappa shape index (κ3) is 3.07. The van der Waals surface area contributed by atoms with Crippen molar-refractivity contribution in [1.82, 2.24) is 9.55 Å². The van der Waals surface area contributed by atoms with Crippen LogP contribution in [0, 0.1) is 6.92 Å². The molecule has 150 valence electrons. The number of carbonyl (C=O) groups is 1. The first kappa shape index (κ1) is 19.8. The molecule has 0 saturated carbocycles. The summed E-state index contributed by atoms with van der Waals surface area (Å²) in [6.07, 6.45) is 0. The number of hydrogen-bond acceptors (Lipinski definition) is 5. The van der Waals surface area contributed by atoms with Crippen LogP contribution < -0.4 is 5.56 Å². The minimum atomic E-state index is -0.770. The first-order valence-corrected chi connectivity index (χ1v) is 9.92. The standard InChI is InChI=1S/C23H17BrN2O4/c1-13-16(14-9-5-3-6-10-14)22(28)26(15-11-7-4-8-12-15)19-17(13)20(27)18(23(29)30-2)25-21(19)24/h3-12,27H,1-2H3. The van der Waals surface area contributed by atoms with Crippen LogP contribution in [0.1, 0.15) is 16.1 Å². The SMILES string of the molecule is COC(=O)c1nc(Br)c2c(c(C)c(-c3ccccc3)c(=O)n2-c2ccccc2)c1O. The number of benzene rings is 2. The summed E-state index contributed by atoms with van der Waals surface area (Å²) >= 11 is 3.39. The molecule has 4 rings (SSSR count). The Morgan fingerprint density at radius 3 is 2.27 bits per heavy atom. The fraction of sp³-hybridized carbons (Fsp3) is 0.0870. The second-order valence-corrected chi connectivity index (χ2v) is 7.41. The van der Waals surface area contributed by atoms with Gasteiger partial charge in [0.15, 0.2) is 11.4 Å². The molecule has 7 heteroatoms. The zero-order valence-corrected chi connectivity index (χ0v) is 17.8. The van der Waals surface area contributed by atoms with E-state index in [1.807, 2.05) is 48.5 Å². The van der Waals surface area contributed by atoms with Gasteiger partial charge in [-0.25, -0.2) is 9.78 Å². The molecule has 0 spiro atoms. The first-order chi connectivity index (χ1) is 14.5. The number of methoxy groups -OCH3 is 1. The number of esters is 1. The monoisotopic (exact) mass is 464 g/mol. The summed E-state index contributed by atoms with van der Waals surface area (Å²) in [5.74, 6) is -1.10. The van der Waals surface area contributed by atoms with E-state index in [1.165, 1.54) is 11.7 Å². The van der Waals surface area contributed by atoms with Crippen molar-refractivity contribution in [2.45, 2.75) is 6.92 Å². The molecule has 6 nitrogen and oxygen atoms in total. The molecule has 2 aromatic heterocycles. The Morgan fingerprint density at radius 1 is 1.07 bits per heavy atom. The van der Waals surface area contributed by atoms with Gasteiger partial charge in [0, 0.05) is 11.1 Å². The largest absolute Gasteiger partial charge is 0.505 e. The third-order valence-corrected chi connectivity index (χ3v) is 5.50. The fourth-order valence-electron chi connectivity index (χ4n) is 3.60. The highest BCUT2D eigenvalue weighted by Crippen LogP contribution is 2.38. The summed E-state index contributed by atoms with van der Waals surface area (Å²) in [5.41, 5.74) is 2.17. The number of para-hydroxylation sites is 1. The number of halogens is 1. The number of rotatable bonds is 3. The quantitative estimate of drug-likeness (QED) is 0.353. The van der Waals surface area contributed by atoms with Crippen molar-refractivity contribution in [3.8, 4) is 22.6 Å². The summed E-state index contributed by atoms with van der Waals surface area (Å²) < 4.78 is 6.50. The molecule has 0 bridgehead atoms. The number of fused-ring (bicyclic) bond motifs is 1. The topological polar surface area (TPSA) is 81.4 Å². The van der Waals surface area contributed by atoms with E-state index in [4.69, 9.17) is 4.74 Å². The highest BCUT2D eigenvalue weighted by atomic mass is 79.9. The van der Waals surface area contributed by atoms with Gasteiger partial charge in [0.25, 0.3) is 5.56 Å². The molecule has 4 aromatic rings. The number of hydrogen-bond donors (Lipinski definition) is 1. The van der Waals surface area contributed by atoms with E-state index in [1.54, 1.807) is 19.1 Å². The molecule has 0 unspecified atom stereocenters. The van der Waals surface area contributed by atoms with Gasteiger partial charge < -0.3 is 9.84 Å².